The van der Waals surface area contributed by atoms with Crippen LogP contribution in [0.3, 0.4) is 0 Å². The molecule has 1 N–H and O–H groups in total. The van der Waals surface area contributed by atoms with Gasteiger partial charge in [0, 0.05) is 18.4 Å². The fourth-order valence-electron chi connectivity index (χ4n) is 2.91. The highest BCUT2D eigenvalue weighted by Gasteiger charge is 2.18. The van der Waals surface area contributed by atoms with Crippen LogP contribution in [-0.4, -0.2) is 21.5 Å². The lowest BCUT2D eigenvalue weighted by Gasteiger charge is -2.08. The first-order chi connectivity index (χ1) is 9.78. The zero-order chi connectivity index (χ0) is 13.9. The quantitative estimate of drug-likeness (QED) is 0.928. The number of benzene rings is 1. The van der Waals surface area contributed by atoms with Crippen LogP contribution in [0.2, 0.25) is 0 Å². The average molecular weight is 274 g/mol. The van der Waals surface area contributed by atoms with E-state index in [9.17, 15) is 4.39 Å². The first kappa shape index (κ1) is 13.3. The summed E-state index contributed by atoms with van der Waals surface area (Å²) in [4.78, 5) is 0. The summed E-state index contributed by atoms with van der Waals surface area (Å²) in [7, 11) is 0. The summed E-state index contributed by atoms with van der Waals surface area (Å²) in [5.74, 6) is -0.259. The summed E-state index contributed by atoms with van der Waals surface area (Å²) in [6.07, 6.45) is 9.08. The molecule has 2 aromatic rings. The molecule has 1 saturated carbocycles. The fraction of sp³-hybridized carbons (Fsp3) is 0.438. The van der Waals surface area contributed by atoms with Gasteiger partial charge < -0.3 is 5.11 Å². The summed E-state index contributed by atoms with van der Waals surface area (Å²) in [6.45, 7) is -0.0319. The van der Waals surface area contributed by atoms with Crippen molar-refractivity contribution in [1.29, 1.82) is 0 Å². The van der Waals surface area contributed by atoms with Crippen molar-refractivity contribution in [2.45, 2.75) is 38.1 Å². The number of halogens is 1. The van der Waals surface area contributed by atoms with E-state index in [-0.39, 0.29) is 12.4 Å². The molecule has 0 amide bonds. The maximum absolute atomic E-state index is 13.9. The highest BCUT2D eigenvalue weighted by Crippen LogP contribution is 2.30. The number of nitrogens with zero attached hydrogens (tertiary/aromatic N) is 2. The number of hydrogen-bond donors (Lipinski definition) is 1. The Labute approximate surface area is 118 Å². The van der Waals surface area contributed by atoms with Crippen LogP contribution in [0.1, 0.15) is 37.3 Å². The smallest absolute Gasteiger partial charge is 0.127 e. The van der Waals surface area contributed by atoms with Gasteiger partial charge in [-0.1, -0.05) is 25.0 Å². The Bertz CT molecular complexity index is 588. The number of aromatic nitrogens is 2. The van der Waals surface area contributed by atoms with Gasteiger partial charge >= 0.3 is 0 Å². The Morgan fingerprint density at radius 2 is 2.05 bits per heavy atom. The molecular weight excluding hydrogens is 255 g/mol. The second kappa shape index (κ2) is 5.75. The maximum Gasteiger partial charge on any atom is 0.127 e. The van der Waals surface area contributed by atoms with Gasteiger partial charge in [0.1, 0.15) is 5.82 Å². The predicted octanol–water partition coefficient (Wildman–Crippen LogP) is 3.34. The molecule has 106 valence electrons. The van der Waals surface area contributed by atoms with Gasteiger partial charge in [0.25, 0.3) is 0 Å². The van der Waals surface area contributed by atoms with E-state index in [1.165, 1.54) is 31.7 Å². The van der Waals surface area contributed by atoms with Crippen LogP contribution in [0.15, 0.2) is 30.6 Å². The molecule has 0 aliphatic heterocycles. The van der Waals surface area contributed by atoms with Crippen molar-refractivity contribution in [1.82, 2.24) is 9.78 Å². The van der Waals surface area contributed by atoms with Crippen molar-refractivity contribution in [3.05, 3.63) is 42.0 Å². The predicted molar refractivity (Wildman–Crippen MR) is 75.9 cm³/mol. The standard InChI is InChI=1S/C16H19FN2O/c17-16-9-13(6-5-12(16)7-8-20)14-10-18-19(11-14)15-3-1-2-4-15/h5-6,9-11,15,20H,1-4,7-8H2. The van der Waals surface area contributed by atoms with Crippen LogP contribution in [-0.2, 0) is 6.42 Å². The summed E-state index contributed by atoms with van der Waals surface area (Å²) in [5.41, 5.74) is 2.35. The molecule has 0 bridgehead atoms. The van der Waals surface area contributed by atoms with Gasteiger partial charge in [0.15, 0.2) is 0 Å². The number of rotatable bonds is 4. The Kier molecular flexibility index (Phi) is 3.83. The molecule has 0 atom stereocenters. The summed E-state index contributed by atoms with van der Waals surface area (Å²) >= 11 is 0. The summed E-state index contributed by atoms with van der Waals surface area (Å²) < 4.78 is 15.9. The Morgan fingerprint density at radius 3 is 2.75 bits per heavy atom. The highest BCUT2D eigenvalue weighted by atomic mass is 19.1. The molecule has 0 radical (unpaired) electrons. The van der Waals surface area contributed by atoms with E-state index >= 15 is 0 Å². The van der Waals surface area contributed by atoms with Crippen LogP contribution < -0.4 is 0 Å². The molecule has 1 heterocycles. The van der Waals surface area contributed by atoms with Gasteiger partial charge in [-0.05, 0) is 36.5 Å². The Morgan fingerprint density at radius 1 is 1.25 bits per heavy atom. The van der Waals surface area contributed by atoms with Crippen LogP contribution in [0, 0.1) is 5.82 Å². The van der Waals surface area contributed by atoms with Crippen LogP contribution in [0.4, 0.5) is 4.39 Å². The molecule has 4 heteroatoms. The second-order valence-electron chi connectivity index (χ2n) is 5.43. The van der Waals surface area contributed by atoms with E-state index in [2.05, 4.69) is 5.10 Å². The zero-order valence-electron chi connectivity index (χ0n) is 11.4. The van der Waals surface area contributed by atoms with Crippen molar-refractivity contribution in [2.75, 3.05) is 6.61 Å². The third-order valence-electron chi connectivity index (χ3n) is 4.07. The third kappa shape index (κ3) is 2.61. The van der Waals surface area contributed by atoms with Gasteiger partial charge in [0.2, 0.25) is 0 Å². The summed E-state index contributed by atoms with van der Waals surface area (Å²) in [6, 6.07) is 5.67. The van der Waals surface area contributed by atoms with E-state index < -0.39 is 0 Å². The summed E-state index contributed by atoms with van der Waals surface area (Å²) in [5, 5.41) is 13.3. The molecule has 1 aliphatic rings. The van der Waals surface area contributed by atoms with E-state index in [1.807, 2.05) is 16.9 Å². The van der Waals surface area contributed by atoms with Gasteiger partial charge in [0.05, 0.1) is 12.2 Å². The van der Waals surface area contributed by atoms with Gasteiger partial charge in [-0.3, -0.25) is 4.68 Å². The molecule has 1 fully saturated rings. The normalized spacial score (nSPS) is 15.9. The van der Waals surface area contributed by atoms with Crippen LogP contribution in [0.5, 0.6) is 0 Å². The second-order valence-corrected chi connectivity index (χ2v) is 5.43. The average Bonchev–Trinajstić information content (AvgIpc) is 3.11. The Balaban J connectivity index is 1.83. The maximum atomic E-state index is 13.9. The molecule has 1 aromatic carbocycles. The zero-order valence-corrected chi connectivity index (χ0v) is 11.4. The molecule has 0 spiro atoms. The molecule has 1 aliphatic carbocycles. The van der Waals surface area contributed by atoms with E-state index in [4.69, 9.17) is 5.11 Å². The van der Waals surface area contributed by atoms with Crippen molar-refractivity contribution in [2.24, 2.45) is 0 Å². The minimum Gasteiger partial charge on any atom is -0.396 e. The molecule has 0 saturated heterocycles. The lowest BCUT2D eigenvalue weighted by atomic mass is 10.0. The van der Waals surface area contributed by atoms with Gasteiger partial charge in [-0.2, -0.15) is 5.10 Å². The minimum absolute atomic E-state index is 0.0319. The van der Waals surface area contributed by atoms with Gasteiger partial charge in [-0.15, -0.1) is 0 Å². The largest absolute Gasteiger partial charge is 0.396 e. The first-order valence-electron chi connectivity index (χ1n) is 7.22. The van der Waals surface area contributed by atoms with Crippen molar-refractivity contribution in [3.8, 4) is 11.1 Å². The molecule has 1 aromatic heterocycles. The molecule has 3 rings (SSSR count). The van der Waals surface area contributed by atoms with Gasteiger partial charge in [-0.25, -0.2) is 4.39 Å². The highest BCUT2D eigenvalue weighted by molar-refractivity contribution is 5.62. The lowest BCUT2D eigenvalue weighted by molar-refractivity contribution is 0.297. The fourth-order valence-corrected chi connectivity index (χ4v) is 2.91. The lowest BCUT2D eigenvalue weighted by Crippen LogP contribution is -2.04. The van der Waals surface area contributed by atoms with E-state index in [0.29, 0.717) is 18.0 Å². The third-order valence-corrected chi connectivity index (χ3v) is 4.07. The SMILES string of the molecule is OCCc1ccc(-c2cnn(C3CCCC3)c2)cc1F. The molecular formula is C16H19FN2O. The number of aliphatic hydroxyl groups excluding tert-OH is 1. The van der Waals surface area contributed by atoms with Crippen molar-refractivity contribution in [3.63, 3.8) is 0 Å². The van der Waals surface area contributed by atoms with Crippen molar-refractivity contribution >= 4 is 0 Å². The number of hydrogen-bond acceptors (Lipinski definition) is 2. The molecule has 0 unspecified atom stereocenters. The monoisotopic (exact) mass is 274 g/mol. The van der Waals surface area contributed by atoms with Crippen molar-refractivity contribution < 1.29 is 9.50 Å². The minimum atomic E-state index is -0.259. The molecule has 3 nitrogen and oxygen atoms in total. The first-order valence-corrected chi connectivity index (χ1v) is 7.22. The topological polar surface area (TPSA) is 38.1 Å². The van der Waals surface area contributed by atoms with Crippen LogP contribution in [0.25, 0.3) is 11.1 Å². The van der Waals surface area contributed by atoms with Crippen LogP contribution >= 0.6 is 0 Å². The molecule has 20 heavy (non-hydrogen) atoms. The van der Waals surface area contributed by atoms with E-state index in [0.717, 1.165) is 11.1 Å². The van der Waals surface area contributed by atoms with E-state index in [1.54, 1.807) is 12.3 Å². The number of aliphatic hydroxyl groups is 1. The Hall–Kier alpha value is -1.68.